The molecule has 1 N–H and O–H groups in total. The van der Waals surface area contributed by atoms with Gasteiger partial charge in [-0.2, -0.15) is 0 Å². The molecule has 5 nitrogen and oxygen atoms in total. The van der Waals surface area contributed by atoms with Crippen LogP contribution in [0.5, 0.6) is 0 Å². The highest BCUT2D eigenvalue weighted by molar-refractivity contribution is 9.10. The third-order valence-corrected chi connectivity index (χ3v) is 6.72. The summed E-state index contributed by atoms with van der Waals surface area (Å²) >= 11 is 9.49. The van der Waals surface area contributed by atoms with Gasteiger partial charge in [0.25, 0.3) is 10.0 Å². The number of benzene rings is 2. The summed E-state index contributed by atoms with van der Waals surface area (Å²) < 4.78 is 28.1. The minimum atomic E-state index is -3.92. The number of sulfonamides is 1. The Morgan fingerprint density at radius 2 is 2.04 bits per heavy atom. The van der Waals surface area contributed by atoms with E-state index in [1.165, 1.54) is 6.07 Å². The lowest BCUT2D eigenvalue weighted by Crippen LogP contribution is -2.32. The number of anilines is 1. The monoisotopic (exact) mass is 429 g/mol. The smallest absolute Gasteiger partial charge is 0.312 e. The van der Waals surface area contributed by atoms with E-state index in [4.69, 9.17) is 11.6 Å². The molecule has 1 atom stereocenters. The second-order valence-electron chi connectivity index (χ2n) is 5.51. The first-order valence-corrected chi connectivity index (χ1v) is 9.64. The molecule has 1 aliphatic heterocycles. The van der Waals surface area contributed by atoms with E-state index in [1.54, 1.807) is 37.3 Å². The fraction of sp³-hybridized carbons (Fsp3) is 0.188. The molecule has 8 heteroatoms. The summed E-state index contributed by atoms with van der Waals surface area (Å²) in [5.41, 5.74) is 1.22. The standard InChI is InChI=1S/C16H13BrClNO4S/c1-9-7-10(17)5-6-14(9)24(22,23)19-8-12(16(20)21)11-3-2-4-13(18)15(11)19/h2-7,12H,8H2,1H3,(H,20,21). The molecular weight excluding hydrogens is 418 g/mol. The van der Waals surface area contributed by atoms with Gasteiger partial charge in [-0.1, -0.05) is 39.7 Å². The molecule has 0 saturated heterocycles. The Kier molecular flexibility index (Phi) is 4.36. The van der Waals surface area contributed by atoms with Crippen molar-refractivity contribution in [3.05, 3.63) is 57.0 Å². The van der Waals surface area contributed by atoms with E-state index < -0.39 is 21.9 Å². The van der Waals surface area contributed by atoms with Gasteiger partial charge >= 0.3 is 5.97 Å². The van der Waals surface area contributed by atoms with Crippen LogP contribution in [0, 0.1) is 6.92 Å². The van der Waals surface area contributed by atoms with Crippen LogP contribution in [0.25, 0.3) is 0 Å². The quantitative estimate of drug-likeness (QED) is 0.804. The summed E-state index contributed by atoms with van der Waals surface area (Å²) in [6.45, 7) is 1.52. The molecular formula is C16H13BrClNO4S. The van der Waals surface area contributed by atoms with Gasteiger partial charge in [0, 0.05) is 4.47 Å². The molecule has 0 fully saturated rings. The van der Waals surface area contributed by atoms with Crippen molar-refractivity contribution in [1.29, 1.82) is 0 Å². The van der Waals surface area contributed by atoms with E-state index in [0.717, 1.165) is 8.78 Å². The van der Waals surface area contributed by atoms with Crippen LogP contribution in [0.15, 0.2) is 45.8 Å². The average molecular weight is 431 g/mol. The van der Waals surface area contributed by atoms with E-state index >= 15 is 0 Å². The fourth-order valence-electron chi connectivity index (χ4n) is 2.88. The molecule has 1 aliphatic rings. The summed E-state index contributed by atoms with van der Waals surface area (Å²) in [6.07, 6.45) is 0. The molecule has 0 bridgehead atoms. The highest BCUT2D eigenvalue weighted by Crippen LogP contribution is 2.44. The number of rotatable bonds is 3. The number of hydrogen-bond acceptors (Lipinski definition) is 3. The molecule has 0 amide bonds. The van der Waals surface area contributed by atoms with Gasteiger partial charge in [-0.05, 0) is 42.3 Å². The molecule has 0 aromatic heterocycles. The van der Waals surface area contributed by atoms with Gasteiger partial charge in [0.1, 0.15) is 5.92 Å². The molecule has 24 heavy (non-hydrogen) atoms. The molecule has 2 aromatic carbocycles. The molecule has 2 aromatic rings. The van der Waals surface area contributed by atoms with Gasteiger partial charge in [0.15, 0.2) is 0 Å². The van der Waals surface area contributed by atoms with E-state index in [9.17, 15) is 18.3 Å². The molecule has 0 radical (unpaired) electrons. The van der Waals surface area contributed by atoms with Crippen molar-refractivity contribution in [3.63, 3.8) is 0 Å². The van der Waals surface area contributed by atoms with Crippen molar-refractivity contribution >= 4 is 49.2 Å². The summed E-state index contributed by atoms with van der Waals surface area (Å²) in [5.74, 6) is -2.02. The van der Waals surface area contributed by atoms with Gasteiger partial charge in [-0.3, -0.25) is 9.10 Å². The van der Waals surface area contributed by atoms with Crippen LogP contribution < -0.4 is 4.31 Å². The second kappa shape index (κ2) is 6.06. The number of fused-ring (bicyclic) bond motifs is 1. The van der Waals surface area contributed by atoms with Crippen molar-refractivity contribution in [2.75, 3.05) is 10.8 Å². The summed E-state index contributed by atoms with van der Waals surface area (Å²) in [4.78, 5) is 11.7. The Hall–Kier alpha value is -1.57. The maximum atomic E-state index is 13.1. The summed E-state index contributed by atoms with van der Waals surface area (Å²) in [6, 6.07) is 9.62. The maximum Gasteiger partial charge on any atom is 0.312 e. The lowest BCUT2D eigenvalue weighted by Gasteiger charge is -2.21. The maximum absolute atomic E-state index is 13.1. The van der Waals surface area contributed by atoms with Crippen molar-refractivity contribution in [2.45, 2.75) is 17.7 Å². The van der Waals surface area contributed by atoms with Crippen LogP contribution in [0.2, 0.25) is 5.02 Å². The molecule has 0 spiro atoms. The zero-order valence-electron chi connectivity index (χ0n) is 12.5. The molecule has 0 saturated carbocycles. The van der Waals surface area contributed by atoms with Crippen molar-refractivity contribution in [1.82, 2.24) is 0 Å². The minimum Gasteiger partial charge on any atom is -0.481 e. The van der Waals surface area contributed by atoms with Crippen LogP contribution in [0.1, 0.15) is 17.0 Å². The second-order valence-corrected chi connectivity index (χ2v) is 8.67. The number of para-hydroxylation sites is 1. The van der Waals surface area contributed by atoms with Crippen LogP contribution in [0.3, 0.4) is 0 Å². The van der Waals surface area contributed by atoms with Crippen LogP contribution in [0.4, 0.5) is 5.69 Å². The van der Waals surface area contributed by atoms with Crippen LogP contribution >= 0.6 is 27.5 Å². The molecule has 0 aliphatic carbocycles. The Balaban J connectivity index is 2.18. The van der Waals surface area contributed by atoms with Gasteiger partial charge in [0.05, 0.1) is 22.2 Å². The van der Waals surface area contributed by atoms with E-state index in [1.807, 2.05) is 0 Å². The summed E-state index contributed by atoms with van der Waals surface area (Å²) in [5, 5.41) is 9.64. The lowest BCUT2D eigenvalue weighted by atomic mass is 10.0. The van der Waals surface area contributed by atoms with E-state index in [-0.39, 0.29) is 22.2 Å². The minimum absolute atomic E-state index is 0.127. The van der Waals surface area contributed by atoms with Gasteiger partial charge in [-0.15, -0.1) is 0 Å². The highest BCUT2D eigenvalue weighted by Gasteiger charge is 2.41. The Morgan fingerprint density at radius 3 is 2.67 bits per heavy atom. The predicted molar refractivity (Wildman–Crippen MR) is 95.2 cm³/mol. The van der Waals surface area contributed by atoms with Crippen LogP contribution in [-0.4, -0.2) is 26.0 Å². The molecule has 1 unspecified atom stereocenters. The van der Waals surface area contributed by atoms with Crippen molar-refractivity contribution in [3.8, 4) is 0 Å². The van der Waals surface area contributed by atoms with E-state index in [2.05, 4.69) is 15.9 Å². The molecule has 126 valence electrons. The number of aliphatic carboxylic acids is 1. The third kappa shape index (κ3) is 2.70. The Bertz CT molecular complexity index is 945. The number of carboxylic acid groups (broad SMARTS) is 1. The average Bonchev–Trinajstić information content (AvgIpc) is 2.88. The number of halogens is 2. The van der Waals surface area contributed by atoms with Crippen molar-refractivity contribution < 1.29 is 18.3 Å². The van der Waals surface area contributed by atoms with Gasteiger partial charge in [0.2, 0.25) is 0 Å². The van der Waals surface area contributed by atoms with Gasteiger partial charge in [-0.25, -0.2) is 8.42 Å². The van der Waals surface area contributed by atoms with Crippen LogP contribution in [-0.2, 0) is 14.8 Å². The first kappa shape index (κ1) is 17.3. The number of aryl methyl sites for hydroxylation is 1. The Labute approximate surface area is 153 Å². The first-order valence-electron chi connectivity index (χ1n) is 7.03. The predicted octanol–water partition coefficient (Wildman–Crippen LogP) is 3.79. The lowest BCUT2D eigenvalue weighted by molar-refractivity contribution is -0.138. The zero-order valence-corrected chi connectivity index (χ0v) is 15.7. The first-order chi connectivity index (χ1) is 11.2. The molecule has 1 heterocycles. The Morgan fingerprint density at radius 1 is 1.33 bits per heavy atom. The number of nitrogens with zero attached hydrogens (tertiary/aromatic N) is 1. The normalized spacial score (nSPS) is 17.0. The number of carbonyl (C=O) groups is 1. The van der Waals surface area contributed by atoms with E-state index in [0.29, 0.717) is 11.1 Å². The van der Waals surface area contributed by atoms with Gasteiger partial charge < -0.3 is 5.11 Å². The zero-order chi connectivity index (χ0) is 17.6. The summed E-state index contributed by atoms with van der Waals surface area (Å²) in [7, 11) is -3.92. The highest BCUT2D eigenvalue weighted by atomic mass is 79.9. The third-order valence-electron chi connectivity index (χ3n) is 3.99. The number of hydrogen-bond donors (Lipinski definition) is 1. The van der Waals surface area contributed by atoms with Crippen molar-refractivity contribution in [2.24, 2.45) is 0 Å². The topological polar surface area (TPSA) is 74.7 Å². The SMILES string of the molecule is Cc1cc(Br)ccc1S(=O)(=O)N1CC(C(=O)O)c2cccc(Cl)c21. The molecule has 3 rings (SSSR count). The fourth-order valence-corrected chi connectivity index (χ4v) is 5.42. The number of carboxylic acids is 1. The largest absolute Gasteiger partial charge is 0.481 e.